The number of amides is 2. The lowest BCUT2D eigenvalue weighted by molar-refractivity contribution is -0.331. The van der Waals surface area contributed by atoms with E-state index >= 15 is 0 Å². The van der Waals surface area contributed by atoms with Gasteiger partial charge in [0.15, 0.2) is 5.79 Å². The first kappa shape index (κ1) is 34.6. The van der Waals surface area contributed by atoms with Crippen LogP contribution in [-0.2, 0) is 19.0 Å². The molecule has 236 valence electrons. The first-order chi connectivity index (χ1) is 20.6. The molecule has 1 saturated heterocycles. The average molecular weight is 620 g/mol. The predicted molar refractivity (Wildman–Crippen MR) is 163 cm³/mol. The third kappa shape index (κ3) is 9.80. The van der Waals surface area contributed by atoms with Gasteiger partial charge < -0.3 is 40.2 Å². The van der Waals surface area contributed by atoms with E-state index in [-0.39, 0.29) is 19.6 Å². The number of hydrogen-bond acceptors (Lipinski definition) is 11. The molecule has 1 fully saturated rings. The molecule has 0 saturated carbocycles. The number of hydrogen-bond donors (Lipinski definition) is 5. The van der Waals surface area contributed by atoms with Gasteiger partial charge in [-0.2, -0.15) is 11.8 Å². The lowest BCUT2D eigenvalue weighted by Gasteiger charge is -2.48. The second-order valence-corrected chi connectivity index (χ2v) is 11.7. The molecule has 2 aromatic carbocycles. The smallest absolute Gasteiger partial charge is 0.251 e. The van der Waals surface area contributed by atoms with Gasteiger partial charge in [0.1, 0.15) is 24.5 Å². The van der Waals surface area contributed by atoms with Crippen molar-refractivity contribution in [2.24, 2.45) is 5.18 Å². The van der Waals surface area contributed by atoms with Crippen molar-refractivity contribution in [1.29, 1.82) is 0 Å². The number of nitrogens with one attached hydrogen (secondary N) is 2. The maximum absolute atomic E-state index is 12.8. The fraction of sp³-hybridized carbons (Fsp3) is 0.533. The topological polar surface area (TPSA) is 176 Å². The number of aliphatic hydroxyl groups excluding tert-OH is 3. The van der Waals surface area contributed by atoms with Gasteiger partial charge >= 0.3 is 0 Å². The van der Waals surface area contributed by atoms with Crippen molar-refractivity contribution in [3.63, 3.8) is 0 Å². The lowest BCUT2D eigenvalue weighted by atomic mass is 9.88. The highest BCUT2D eigenvalue weighted by molar-refractivity contribution is 7.99. The second kappa shape index (κ2) is 16.8. The molecule has 1 aliphatic rings. The fourth-order valence-corrected chi connectivity index (χ4v) is 5.52. The van der Waals surface area contributed by atoms with E-state index < -0.39 is 48.1 Å². The van der Waals surface area contributed by atoms with E-state index in [0.717, 1.165) is 29.1 Å². The quantitative estimate of drug-likeness (QED) is 0.139. The lowest BCUT2D eigenvalue weighted by Crippen LogP contribution is -2.67. The molecular formula is C30H41N3O9S. The maximum Gasteiger partial charge on any atom is 0.251 e. The second-order valence-electron chi connectivity index (χ2n) is 10.3. The molecule has 0 radical (unpaired) electrons. The van der Waals surface area contributed by atoms with E-state index in [4.69, 9.17) is 14.2 Å². The SMILES string of the molecule is CCSCCCOC1(COC)CC(O)C(NC(C)=O)C(C(O)C(O)CNC(=O)c2ccc(-c3ccc(N=O)cc3)cc2)O1. The van der Waals surface area contributed by atoms with Crippen LogP contribution in [0.2, 0.25) is 0 Å². The molecule has 1 heterocycles. The van der Waals surface area contributed by atoms with Crippen molar-refractivity contribution in [2.45, 2.75) is 62.9 Å². The Morgan fingerprint density at radius 3 is 2.37 bits per heavy atom. The highest BCUT2D eigenvalue weighted by atomic mass is 32.2. The highest BCUT2D eigenvalue weighted by Gasteiger charge is 2.51. The number of aliphatic hydroxyl groups is 3. The minimum absolute atomic E-state index is 0.0309. The van der Waals surface area contributed by atoms with Crippen molar-refractivity contribution in [2.75, 3.05) is 38.4 Å². The summed E-state index contributed by atoms with van der Waals surface area (Å²) in [5.74, 6) is -0.510. The van der Waals surface area contributed by atoms with Crippen molar-refractivity contribution in [3.8, 4) is 11.1 Å². The van der Waals surface area contributed by atoms with Crippen LogP contribution in [0.15, 0.2) is 53.7 Å². The van der Waals surface area contributed by atoms with E-state index in [2.05, 4.69) is 22.7 Å². The molecule has 13 heteroatoms. The third-order valence-electron chi connectivity index (χ3n) is 7.03. The van der Waals surface area contributed by atoms with Crippen LogP contribution < -0.4 is 10.6 Å². The average Bonchev–Trinajstić information content (AvgIpc) is 3.00. The number of nitrogens with zero attached hydrogens (tertiary/aromatic N) is 1. The molecule has 6 unspecified atom stereocenters. The van der Waals surface area contributed by atoms with Crippen LogP contribution >= 0.6 is 11.8 Å². The number of benzene rings is 2. The van der Waals surface area contributed by atoms with Gasteiger partial charge in [-0.3, -0.25) is 9.59 Å². The molecule has 2 amide bonds. The Morgan fingerprint density at radius 1 is 1.14 bits per heavy atom. The van der Waals surface area contributed by atoms with Gasteiger partial charge in [-0.25, -0.2) is 0 Å². The molecule has 0 spiro atoms. The summed E-state index contributed by atoms with van der Waals surface area (Å²) in [6.07, 6.45) is -4.89. The molecule has 3 rings (SSSR count). The van der Waals surface area contributed by atoms with Crippen molar-refractivity contribution in [1.82, 2.24) is 10.6 Å². The monoisotopic (exact) mass is 619 g/mol. The number of carbonyl (C=O) groups is 2. The molecule has 2 aromatic rings. The van der Waals surface area contributed by atoms with Crippen LogP contribution in [0.3, 0.4) is 0 Å². The maximum atomic E-state index is 12.8. The summed E-state index contributed by atoms with van der Waals surface area (Å²) in [5, 5.41) is 41.1. The van der Waals surface area contributed by atoms with E-state index in [1.807, 2.05) is 0 Å². The minimum Gasteiger partial charge on any atom is -0.391 e. The van der Waals surface area contributed by atoms with Gasteiger partial charge in [-0.05, 0) is 58.5 Å². The van der Waals surface area contributed by atoms with E-state index in [0.29, 0.717) is 17.9 Å². The van der Waals surface area contributed by atoms with E-state index in [1.54, 1.807) is 60.3 Å². The molecule has 43 heavy (non-hydrogen) atoms. The summed E-state index contributed by atoms with van der Waals surface area (Å²) < 4.78 is 17.5. The normalized spacial score (nSPS) is 23.3. The molecule has 12 nitrogen and oxygen atoms in total. The van der Waals surface area contributed by atoms with Crippen LogP contribution in [0.4, 0.5) is 5.69 Å². The summed E-state index contributed by atoms with van der Waals surface area (Å²) in [4.78, 5) is 35.4. The van der Waals surface area contributed by atoms with Crippen LogP contribution in [0.5, 0.6) is 0 Å². The van der Waals surface area contributed by atoms with E-state index in [1.165, 1.54) is 14.0 Å². The summed E-state index contributed by atoms with van der Waals surface area (Å²) in [5.41, 5.74) is 2.31. The zero-order chi connectivity index (χ0) is 31.4. The van der Waals surface area contributed by atoms with Crippen molar-refractivity contribution in [3.05, 3.63) is 59.0 Å². The van der Waals surface area contributed by atoms with Gasteiger partial charge in [0.05, 0.1) is 24.9 Å². The number of carbonyl (C=O) groups excluding carboxylic acids is 2. The number of nitroso groups, excluding NO2 is 1. The number of rotatable bonds is 16. The Labute approximate surface area is 255 Å². The van der Waals surface area contributed by atoms with Gasteiger partial charge in [0.2, 0.25) is 5.91 Å². The largest absolute Gasteiger partial charge is 0.391 e. The van der Waals surface area contributed by atoms with Crippen LogP contribution in [0, 0.1) is 4.91 Å². The summed E-state index contributed by atoms with van der Waals surface area (Å²) in [6.45, 7) is 3.26. The third-order valence-corrected chi connectivity index (χ3v) is 8.02. The first-order valence-electron chi connectivity index (χ1n) is 14.1. The number of ether oxygens (including phenoxy) is 3. The Bertz CT molecular complexity index is 1180. The van der Waals surface area contributed by atoms with E-state index in [9.17, 15) is 29.8 Å². The Kier molecular flexibility index (Phi) is 13.5. The number of thioether (sulfide) groups is 1. The molecular weight excluding hydrogens is 578 g/mol. The van der Waals surface area contributed by atoms with Gasteiger partial charge in [-0.1, -0.05) is 31.2 Å². The zero-order valence-corrected chi connectivity index (χ0v) is 25.4. The van der Waals surface area contributed by atoms with Crippen LogP contribution in [-0.4, -0.2) is 102 Å². The first-order valence-corrected chi connectivity index (χ1v) is 15.3. The molecule has 6 atom stereocenters. The molecule has 0 aromatic heterocycles. The van der Waals surface area contributed by atoms with Gasteiger partial charge in [-0.15, -0.1) is 4.91 Å². The molecule has 1 aliphatic heterocycles. The zero-order valence-electron chi connectivity index (χ0n) is 24.6. The van der Waals surface area contributed by atoms with Crippen molar-refractivity contribution < 1.29 is 39.1 Å². The Hall–Kier alpha value is -2.91. The molecule has 0 aliphatic carbocycles. The minimum atomic E-state index is -1.62. The number of methoxy groups -OCH3 is 1. The standard InChI is InChI=1S/C30H41N3O9S/c1-4-43-15-5-14-41-30(18-40-3)16-24(35)26(32-19(2)34)28(42-30)27(37)25(36)17-31-29(38)22-8-6-20(7-9-22)21-10-12-23(33-39)13-11-21/h6-13,24-28,35-37H,4-5,14-18H2,1-3H3,(H,31,38)(H,32,34). The molecule has 5 N–H and O–H groups in total. The Morgan fingerprint density at radius 2 is 1.79 bits per heavy atom. The molecule has 0 bridgehead atoms. The van der Waals surface area contributed by atoms with Crippen LogP contribution in [0.1, 0.15) is 37.0 Å². The summed E-state index contributed by atoms with van der Waals surface area (Å²) in [6, 6.07) is 12.4. The van der Waals surface area contributed by atoms with Gasteiger partial charge in [0, 0.05) is 32.6 Å². The van der Waals surface area contributed by atoms with Gasteiger partial charge in [0.25, 0.3) is 5.91 Å². The fourth-order valence-electron chi connectivity index (χ4n) is 4.91. The highest BCUT2D eigenvalue weighted by Crippen LogP contribution is 2.34. The van der Waals surface area contributed by atoms with Crippen molar-refractivity contribution >= 4 is 29.3 Å². The summed E-state index contributed by atoms with van der Waals surface area (Å²) in [7, 11) is 1.46. The Balaban J connectivity index is 1.67. The summed E-state index contributed by atoms with van der Waals surface area (Å²) >= 11 is 1.76. The van der Waals surface area contributed by atoms with Crippen LogP contribution in [0.25, 0.3) is 11.1 Å². The predicted octanol–water partition coefficient (Wildman–Crippen LogP) is 2.36.